The molecule has 2 nitrogen and oxygen atoms in total. The minimum atomic E-state index is -0.531. The molecule has 3 heteroatoms. The van der Waals surface area contributed by atoms with Gasteiger partial charge in [-0.15, -0.1) is 11.3 Å². The topological polar surface area (TPSA) is 6.48 Å². The predicted octanol–water partition coefficient (Wildman–Crippen LogP) is 15.3. The average molecular weight is 757 g/mol. The zero-order chi connectivity index (χ0) is 38.2. The maximum atomic E-state index is 2.46. The van der Waals surface area contributed by atoms with E-state index in [0.29, 0.717) is 0 Å². The summed E-state index contributed by atoms with van der Waals surface area (Å²) in [6, 6.07) is 80.2. The lowest BCUT2D eigenvalue weighted by molar-refractivity contribution is 0.811. The number of fused-ring (bicyclic) bond motifs is 13. The molecule has 12 rings (SSSR count). The molecule has 2 aliphatic carbocycles. The van der Waals surface area contributed by atoms with Crippen molar-refractivity contribution in [1.82, 2.24) is 0 Å². The number of anilines is 6. The van der Waals surface area contributed by atoms with E-state index < -0.39 is 5.41 Å². The third kappa shape index (κ3) is 4.65. The first-order valence-electron chi connectivity index (χ1n) is 19.9. The van der Waals surface area contributed by atoms with Crippen LogP contribution in [0.15, 0.2) is 218 Å². The van der Waals surface area contributed by atoms with Gasteiger partial charge in [-0.2, -0.15) is 0 Å². The number of hydrogen-bond acceptors (Lipinski definition) is 3. The molecule has 0 aliphatic heterocycles. The van der Waals surface area contributed by atoms with E-state index in [-0.39, 0.29) is 0 Å². The first-order chi connectivity index (χ1) is 28.8. The fourth-order valence-corrected chi connectivity index (χ4v) is 11.4. The molecule has 1 spiro atoms. The smallest absolute Gasteiger partial charge is 0.0821 e. The molecule has 1 aromatic heterocycles. The van der Waals surface area contributed by atoms with E-state index in [1.54, 1.807) is 0 Å². The van der Waals surface area contributed by atoms with Crippen LogP contribution in [0.25, 0.3) is 43.1 Å². The summed E-state index contributed by atoms with van der Waals surface area (Å²) in [5, 5.41) is 3.76. The van der Waals surface area contributed by atoms with E-state index in [1.165, 1.54) is 76.1 Å². The zero-order valence-corrected chi connectivity index (χ0v) is 32.4. The molecule has 272 valence electrons. The van der Waals surface area contributed by atoms with E-state index >= 15 is 0 Å². The molecule has 2 aliphatic rings. The highest BCUT2D eigenvalue weighted by Crippen LogP contribution is 2.69. The van der Waals surface area contributed by atoms with Crippen molar-refractivity contribution in [3.63, 3.8) is 0 Å². The van der Waals surface area contributed by atoms with Crippen molar-refractivity contribution in [3.05, 3.63) is 240 Å². The summed E-state index contributed by atoms with van der Waals surface area (Å²) in [6.45, 7) is 0. The molecule has 1 atom stereocenters. The number of thiophene rings is 1. The molecule has 10 aromatic rings. The van der Waals surface area contributed by atoms with Crippen LogP contribution in [0, 0.1) is 0 Å². The average Bonchev–Trinajstić information content (AvgIpc) is 3.92. The molecule has 0 fully saturated rings. The second-order valence-corrected chi connectivity index (χ2v) is 16.3. The van der Waals surface area contributed by atoms with Gasteiger partial charge in [0.05, 0.1) is 16.8 Å². The quantitative estimate of drug-likeness (QED) is 0.167. The number of para-hydroxylation sites is 3. The van der Waals surface area contributed by atoms with Crippen LogP contribution >= 0.6 is 11.3 Å². The third-order valence-corrected chi connectivity index (χ3v) is 13.5. The van der Waals surface area contributed by atoms with Gasteiger partial charge in [-0.05, 0) is 99.8 Å². The van der Waals surface area contributed by atoms with Crippen LogP contribution in [0.4, 0.5) is 34.1 Å². The molecule has 1 heterocycles. The standard InChI is InChI=1S/C55H36N2S/c1-4-20-39(21-5-1)56(40-22-6-2-7-23-40)49-32-17-30-47-53(49)52-44-27-13-15-33-50(44)58-54(52)55(47)45-28-14-12-26-43(45)51-46(55)29-16-31-48(51)57(41-24-8-3-9-25-41)42-35-34-37-18-10-11-19-38(37)36-42/h1-36H. The Labute approximate surface area is 342 Å². The lowest BCUT2D eigenvalue weighted by Crippen LogP contribution is -2.25. The summed E-state index contributed by atoms with van der Waals surface area (Å²) in [4.78, 5) is 6.30. The normalized spacial score (nSPS) is 14.6. The van der Waals surface area contributed by atoms with Gasteiger partial charge >= 0.3 is 0 Å². The summed E-state index contributed by atoms with van der Waals surface area (Å²) < 4.78 is 1.31. The molecular formula is C55H36N2S. The van der Waals surface area contributed by atoms with Crippen molar-refractivity contribution in [3.8, 4) is 22.3 Å². The van der Waals surface area contributed by atoms with E-state index in [0.717, 1.165) is 22.7 Å². The van der Waals surface area contributed by atoms with Crippen molar-refractivity contribution >= 4 is 66.3 Å². The van der Waals surface area contributed by atoms with Gasteiger partial charge < -0.3 is 9.80 Å². The van der Waals surface area contributed by atoms with Crippen molar-refractivity contribution in [2.24, 2.45) is 0 Å². The number of hydrogen-bond donors (Lipinski definition) is 0. The first-order valence-corrected chi connectivity index (χ1v) is 20.8. The summed E-state index contributed by atoms with van der Waals surface area (Å²) in [5.74, 6) is 0. The molecule has 58 heavy (non-hydrogen) atoms. The van der Waals surface area contributed by atoms with Gasteiger partial charge in [0.15, 0.2) is 0 Å². The second kappa shape index (κ2) is 12.9. The Balaban J connectivity index is 1.19. The van der Waals surface area contributed by atoms with E-state index in [9.17, 15) is 0 Å². The minimum Gasteiger partial charge on any atom is -0.310 e. The Bertz CT molecular complexity index is 3150. The molecule has 1 unspecified atom stereocenters. The largest absolute Gasteiger partial charge is 0.310 e. The fourth-order valence-electron chi connectivity index (χ4n) is 9.91. The minimum absolute atomic E-state index is 0.531. The molecule has 0 N–H and O–H groups in total. The van der Waals surface area contributed by atoms with Crippen LogP contribution in [0.2, 0.25) is 0 Å². The van der Waals surface area contributed by atoms with Crippen LogP contribution in [0.3, 0.4) is 0 Å². The van der Waals surface area contributed by atoms with E-state index in [2.05, 4.69) is 228 Å². The Morgan fingerprint density at radius 3 is 1.55 bits per heavy atom. The molecule has 0 radical (unpaired) electrons. The molecule has 0 saturated heterocycles. The monoisotopic (exact) mass is 756 g/mol. The third-order valence-electron chi connectivity index (χ3n) is 12.2. The second-order valence-electron chi connectivity index (χ2n) is 15.2. The molecule has 9 aromatic carbocycles. The SMILES string of the molecule is c1ccc(N(c2ccc3ccccc3c2)c2cccc3c2-c2ccccc2C32c3cccc(N(c4ccccc4)c4ccccc4)c3-c3c2sc2ccccc32)cc1. The zero-order valence-electron chi connectivity index (χ0n) is 31.6. The molecular weight excluding hydrogens is 721 g/mol. The van der Waals surface area contributed by atoms with Crippen LogP contribution in [-0.2, 0) is 5.41 Å². The Morgan fingerprint density at radius 1 is 0.345 bits per heavy atom. The van der Waals surface area contributed by atoms with Crippen molar-refractivity contribution in [2.75, 3.05) is 9.80 Å². The highest BCUT2D eigenvalue weighted by molar-refractivity contribution is 7.20. The maximum absolute atomic E-state index is 2.46. The molecule has 0 bridgehead atoms. The van der Waals surface area contributed by atoms with Gasteiger partial charge in [0.1, 0.15) is 0 Å². The molecule has 0 amide bonds. The van der Waals surface area contributed by atoms with Crippen molar-refractivity contribution in [2.45, 2.75) is 5.41 Å². The van der Waals surface area contributed by atoms with Crippen LogP contribution in [-0.4, -0.2) is 0 Å². The van der Waals surface area contributed by atoms with Crippen molar-refractivity contribution < 1.29 is 0 Å². The van der Waals surface area contributed by atoms with E-state index in [4.69, 9.17) is 0 Å². The van der Waals surface area contributed by atoms with Gasteiger partial charge in [-0.25, -0.2) is 0 Å². The highest BCUT2D eigenvalue weighted by Gasteiger charge is 2.55. The first kappa shape index (κ1) is 33.0. The lowest BCUT2D eigenvalue weighted by atomic mass is 9.73. The van der Waals surface area contributed by atoms with Crippen molar-refractivity contribution in [1.29, 1.82) is 0 Å². The Morgan fingerprint density at radius 2 is 0.862 bits per heavy atom. The van der Waals surface area contributed by atoms with Gasteiger partial charge in [-0.3, -0.25) is 0 Å². The van der Waals surface area contributed by atoms with Crippen LogP contribution in [0.1, 0.15) is 21.6 Å². The number of nitrogens with zero attached hydrogens (tertiary/aromatic N) is 2. The highest BCUT2D eigenvalue weighted by atomic mass is 32.1. The van der Waals surface area contributed by atoms with Crippen LogP contribution in [0.5, 0.6) is 0 Å². The van der Waals surface area contributed by atoms with Gasteiger partial charge in [-0.1, -0.05) is 152 Å². The Hall–Kier alpha value is -7.20. The Kier molecular flexibility index (Phi) is 7.35. The summed E-state index contributed by atoms with van der Waals surface area (Å²) in [5.41, 5.74) is 15.5. The predicted molar refractivity (Wildman–Crippen MR) is 245 cm³/mol. The van der Waals surface area contributed by atoms with Crippen LogP contribution < -0.4 is 9.80 Å². The summed E-state index contributed by atoms with van der Waals surface area (Å²) in [7, 11) is 0. The van der Waals surface area contributed by atoms with Gasteiger partial charge in [0.2, 0.25) is 0 Å². The van der Waals surface area contributed by atoms with E-state index in [1.807, 2.05) is 11.3 Å². The van der Waals surface area contributed by atoms with Gasteiger partial charge in [0.25, 0.3) is 0 Å². The number of rotatable bonds is 6. The molecule has 0 saturated carbocycles. The lowest BCUT2D eigenvalue weighted by Gasteiger charge is -2.32. The van der Waals surface area contributed by atoms with Gasteiger partial charge in [0, 0.05) is 54.4 Å². The maximum Gasteiger partial charge on any atom is 0.0821 e. The summed E-state index contributed by atoms with van der Waals surface area (Å²) in [6.07, 6.45) is 0. The number of benzene rings is 9. The summed E-state index contributed by atoms with van der Waals surface area (Å²) >= 11 is 1.95. The fraction of sp³-hybridized carbons (Fsp3) is 0.0182.